The third-order valence-corrected chi connectivity index (χ3v) is 20.9. The van der Waals surface area contributed by atoms with E-state index >= 15 is 0 Å². The summed E-state index contributed by atoms with van der Waals surface area (Å²) in [5, 5.41) is 135. The summed E-state index contributed by atoms with van der Waals surface area (Å²) in [5.74, 6) is -1.91. The Morgan fingerprint density at radius 2 is 1.13 bits per heavy atom. The minimum absolute atomic E-state index is 0.0813. The van der Waals surface area contributed by atoms with Gasteiger partial charge in [-0.1, -0.05) is 31.6 Å². The summed E-state index contributed by atoms with van der Waals surface area (Å²) >= 11 is 0. The van der Waals surface area contributed by atoms with Gasteiger partial charge in [-0.05, 0) is 128 Å². The Hall–Kier alpha value is -1.90. The Balaban J connectivity index is 0.989. The van der Waals surface area contributed by atoms with Gasteiger partial charge in [-0.15, -0.1) is 0 Å². The summed E-state index contributed by atoms with van der Waals surface area (Å²) in [5.41, 5.74) is -3.31. The molecule has 0 aromatic rings. The molecule has 9 aliphatic rings. The number of methoxy groups -OCH3 is 1. The van der Waals surface area contributed by atoms with Crippen LogP contribution in [-0.2, 0) is 71.5 Å². The Morgan fingerprint density at radius 3 is 1.73 bits per heavy atom. The molecule has 86 heavy (non-hydrogen) atoms. The number of hydrogen-bond acceptors (Lipinski definition) is 27. The molecule has 0 spiro atoms. The molecule has 33 atom stereocenters. The lowest BCUT2D eigenvalue weighted by atomic mass is 9.47. The molecule has 28 nitrogen and oxygen atoms in total. The zero-order chi connectivity index (χ0) is 63.2. The van der Waals surface area contributed by atoms with Crippen molar-refractivity contribution in [1.29, 1.82) is 0 Å². The molecule has 5 saturated heterocycles. The topological polar surface area (TPSA) is 425 Å². The van der Waals surface area contributed by atoms with Gasteiger partial charge in [-0.25, -0.2) is 4.18 Å². The van der Waals surface area contributed by atoms with E-state index in [1.54, 1.807) is 0 Å². The van der Waals surface area contributed by atoms with Crippen LogP contribution in [0.1, 0.15) is 107 Å². The van der Waals surface area contributed by atoms with Gasteiger partial charge in [0.25, 0.3) is 0 Å². The van der Waals surface area contributed by atoms with E-state index in [0.717, 1.165) is 5.57 Å². The van der Waals surface area contributed by atoms with Gasteiger partial charge in [0.2, 0.25) is 0 Å². The molecular weight excluding hydrogens is 1160 g/mol. The van der Waals surface area contributed by atoms with Gasteiger partial charge in [0.05, 0.1) is 48.8 Å². The van der Waals surface area contributed by atoms with Gasteiger partial charge in [-0.2, -0.15) is 8.42 Å². The molecule has 18 unspecified atom stereocenters. The Labute approximate surface area is 500 Å². The van der Waals surface area contributed by atoms with E-state index in [-0.39, 0.29) is 31.1 Å². The molecule has 494 valence electrons. The standard InChI is InChI=1S/C57H92O28S/c1-22-35(59)40(64)42(66)49(76-22)84-48-41(65)36(60)23(2)79-53(48)81-32-21-75-52(47(39(32)63)83-51-43(67)45(74-10)37(61)24(3)78-51)82-46-38(62)25(4)77-50(44(46)68)80-31-20-27-28-11-12-33(57(9,70)34(58)15-16-54(5,6)69)56(28,8)18-14-29(27)55(7)17-13-26(19-30(31)55)85-86(71,72)73/h14-16,22-28,30-33,35-53,59-70H,11-13,17-21H2,1-10H3,(H,71,72,73)/b16-15+/t22?,23?,24?,25?,26?,27?,28?,30?,31?,32-,33+,35+,36-,37-,38-,39?,40+,41+,42?,43+,44?,45+,46?,47?,48?,49+,50?,51?,52?,53+,55-,56+,57-/m1/s1. The summed E-state index contributed by atoms with van der Waals surface area (Å²) in [6.07, 6.45) is -32.4. The first kappa shape index (κ1) is 68.5. The highest BCUT2D eigenvalue weighted by atomic mass is 32.3. The molecule has 0 aromatic carbocycles. The van der Waals surface area contributed by atoms with Crippen molar-refractivity contribution in [2.75, 3.05) is 13.7 Å². The van der Waals surface area contributed by atoms with Gasteiger partial charge in [0, 0.05) is 13.0 Å². The first-order valence-electron chi connectivity index (χ1n) is 29.9. The minimum Gasteiger partial charge on any atom is -0.388 e. The second-order valence-corrected chi connectivity index (χ2v) is 27.7. The maximum atomic E-state index is 13.7. The minimum atomic E-state index is -4.90. The highest BCUT2D eigenvalue weighted by Crippen LogP contribution is 2.67. The molecule has 0 bridgehead atoms. The van der Waals surface area contributed by atoms with Crippen LogP contribution in [0.4, 0.5) is 0 Å². The first-order valence-corrected chi connectivity index (χ1v) is 31.3. The average molecular weight is 1260 g/mol. The number of ketones is 1. The zero-order valence-corrected chi connectivity index (χ0v) is 50.9. The SMILES string of the molecule is CO[C@H]1[C@H](O)C(C)OC(OC2C(OC3C(O)C(OC4CC5C(=CC[C@@]6(C)C5CC[C@@H]6[C@@](C)(O)C(=O)/C=C/C(C)(C)O)[C@@]5(C)CCC(OS(=O)(=O)O)CC45)OC(C)[C@H]3O)OC[C@@H](O[C@@H]3OC(C)[C@@H](O)[C@H](O)C3O[C@@H]3OC(C)[C@H](O)[C@H](O)C3O)C2O)[C@H]1O. The summed E-state index contributed by atoms with van der Waals surface area (Å²) in [4.78, 5) is 13.7. The smallest absolute Gasteiger partial charge is 0.388 e. The number of aliphatic hydroxyl groups is 12. The van der Waals surface area contributed by atoms with Crippen LogP contribution < -0.4 is 0 Å². The molecule has 29 heteroatoms. The maximum Gasteiger partial charge on any atom is 0.397 e. The molecule has 0 radical (unpaired) electrons. The van der Waals surface area contributed by atoms with Crippen molar-refractivity contribution in [3.63, 3.8) is 0 Å². The highest BCUT2D eigenvalue weighted by molar-refractivity contribution is 7.80. The van der Waals surface area contributed by atoms with Crippen LogP contribution in [0.25, 0.3) is 0 Å². The predicted molar refractivity (Wildman–Crippen MR) is 290 cm³/mol. The fourth-order valence-corrected chi connectivity index (χ4v) is 16.0. The molecule has 8 fully saturated rings. The number of rotatable bonds is 17. The van der Waals surface area contributed by atoms with Crippen molar-refractivity contribution in [3.8, 4) is 0 Å². The average Bonchev–Trinajstić information content (AvgIpc) is 1.34. The van der Waals surface area contributed by atoms with Crippen molar-refractivity contribution in [2.24, 2.45) is 34.5 Å². The third-order valence-electron chi connectivity index (χ3n) is 20.4. The lowest BCUT2D eigenvalue weighted by molar-refractivity contribution is -0.398. The van der Waals surface area contributed by atoms with Crippen molar-refractivity contribution < 1.29 is 135 Å². The van der Waals surface area contributed by atoms with Crippen LogP contribution in [0, 0.1) is 34.5 Å². The van der Waals surface area contributed by atoms with Crippen LogP contribution in [0.2, 0.25) is 0 Å². The highest BCUT2D eigenvalue weighted by Gasteiger charge is 2.64. The van der Waals surface area contributed by atoms with Crippen LogP contribution in [0.15, 0.2) is 23.8 Å². The van der Waals surface area contributed by atoms with Crippen LogP contribution in [0.3, 0.4) is 0 Å². The molecule has 0 aromatic heterocycles. The molecule has 5 heterocycles. The van der Waals surface area contributed by atoms with Crippen LogP contribution in [0.5, 0.6) is 0 Å². The Bertz CT molecular complexity index is 2520. The number of carbonyl (C=O) groups is 1. The molecule has 13 N–H and O–H groups in total. The molecule has 4 aliphatic carbocycles. The van der Waals surface area contributed by atoms with Crippen LogP contribution >= 0.6 is 0 Å². The number of aliphatic hydroxyl groups excluding tert-OH is 10. The summed E-state index contributed by atoms with van der Waals surface area (Å²) in [6.45, 7) is 13.8. The van der Waals surface area contributed by atoms with E-state index in [9.17, 15) is 79.0 Å². The van der Waals surface area contributed by atoms with E-state index in [1.807, 2.05) is 0 Å². The predicted octanol–water partition coefficient (Wildman–Crippen LogP) is -2.10. The van der Waals surface area contributed by atoms with Crippen molar-refractivity contribution in [3.05, 3.63) is 23.8 Å². The molecular formula is C57H92O28S. The van der Waals surface area contributed by atoms with E-state index < -0.39 is 216 Å². The first-order chi connectivity index (χ1) is 40.0. The van der Waals surface area contributed by atoms with Crippen molar-refractivity contribution in [1.82, 2.24) is 0 Å². The third kappa shape index (κ3) is 13.4. The second-order valence-electron chi connectivity index (χ2n) is 26.7. The number of allylic oxidation sites excluding steroid dienone is 2. The van der Waals surface area contributed by atoms with E-state index in [1.165, 1.54) is 67.7 Å². The fraction of sp³-hybridized carbons (Fsp3) is 0.912. The van der Waals surface area contributed by atoms with Crippen molar-refractivity contribution in [2.45, 2.75) is 278 Å². The van der Waals surface area contributed by atoms with E-state index in [2.05, 4.69) is 19.9 Å². The summed E-state index contributed by atoms with van der Waals surface area (Å²) < 4.78 is 107. The normalized spacial score (nSPS) is 51.0. The maximum absolute atomic E-state index is 13.7. The lowest BCUT2D eigenvalue weighted by Crippen LogP contribution is -2.67. The largest absolute Gasteiger partial charge is 0.397 e. The number of carbonyl (C=O) groups excluding carboxylic acids is 1. The number of hydrogen-bond donors (Lipinski definition) is 13. The Morgan fingerprint density at radius 1 is 0.605 bits per heavy atom. The zero-order valence-electron chi connectivity index (χ0n) is 50.1. The molecule has 3 saturated carbocycles. The van der Waals surface area contributed by atoms with Gasteiger partial charge < -0.3 is 113 Å². The lowest BCUT2D eigenvalue weighted by Gasteiger charge is -2.60. The summed E-state index contributed by atoms with van der Waals surface area (Å²) in [6, 6.07) is 0. The molecule has 9 rings (SSSR count). The summed E-state index contributed by atoms with van der Waals surface area (Å²) in [7, 11) is -3.66. The van der Waals surface area contributed by atoms with Gasteiger partial charge in [0.1, 0.15) is 97.2 Å². The van der Waals surface area contributed by atoms with E-state index in [0.29, 0.717) is 25.7 Å². The Kier molecular flexibility index (Phi) is 20.6. The monoisotopic (exact) mass is 1260 g/mol. The molecule has 0 amide bonds. The van der Waals surface area contributed by atoms with Gasteiger partial charge in [0.15, 0.2) is 37.2 Å². The fourth-order valence-electron chi connectivity index (χ4n) is 15.4. The van der Waals surface area contributed by atoms with E-state index in [4.69, 9.17) is 56.3 Å². The second kappa shape index (κ2) is 25.9. The van der Waals surface area contributed by atoms with Gasteiger partial charge in [-0.3, -0.25) is 9.35 Å². The molecule has 5 aliphatic heterocycles. The van der Waals surface area contributed by atoms with Crippen LogP contribution in [-0.4, -0.2) is 265 Å². The number of fused-ring (bicyclic) bond motifs is 5. The van der Waals surface area contributed by atoms with Gasteiger partial charge >= 0.3 is 10.4 Å². The quantitative estimate of drug-likeness (QED) is 0.0421. The van der Waals surface area contributed by atoms with Crippen molar-refractivity contribution >= 4 is 16.2 Å². The number of ether oxygens (including phenoxy) is 11.